The SMILES string of the molecule is O=C(OC1CC2(C3C=CC=CO3)C=CC1C2)C1CC2(C3C=CC=CO3)C=CC1C2. The lowest BCUT2D eigenvalue weighted by Gasteiger charge is -2.34. The number of rotatable bonds is 4. The second kappa shape index (κ2) is 6.25. The number of allylic oxidation sites excluding steroid dienone is 5. The monoisotopic (exact) mass is 390 g/mol. The van der Waals surface area contributed by atoms with Crippen molar-refractivity contribution in [2.45, 2.75) is 44.0 Å². The van der Waals surface area contributed by atoms with E-state index in [2.05, 4.69) is 36.5 Å². The molecular weight excluding hydrogens is 364 g/mol. The quantitative estimate of drug-likeness (QED) is 0.528. The van der Waals surface area contributed by atoms with E-state index in [1.807, 2.05) is 24.3 Å². The first-order chi connectivity index (χ1) is 14.2. The van der Waals surface area contributed by atoms with Crippen LogP contribution in [0.1, 0.15) is 25.7 Å². The van der Waals surface area contributed by atoms with E-state index in [4.69, 9.17) is 14.2 Å². The van der Waals surface area contributed by atoms with Crippen molar-refractivity contribution in [3.63, 3.8) is 0 Å². The summed E-state index contributed by atoms with van der Waals surface area (Å²) in [5.41, 5.74) is -0.113. The van der Waals surface area contributed by atoms with Crippen molar-refractivity contribution in [2.75, 3.05) is 0 Å². The first kappa shape index (κ1) is 17.4. The molecule has 0 radical (unpaired) electrons. The molecule has 4 nitrogen and oxygen atoms in total. The van der Waals surface area contributed by atoms with Crippen molar-refractivity contribution < 1.29 is 19.0 Å². The van der Waals surface area contributed by atoms with Crippen LogP contribution in [0.2, 0.25) is 0 Å². The van der Waals surface area contributed by atoms with Gasteiger partial charge >= 0.3 is 5.97 Å². The molecule has 0 spiro atoms. The second-order valence-electron chi connectivity index (χ2n) is 9.45. The maximum absolute atomic E-state index is 13.2. The van der Waals surface area contributed by atoms with Crippen molar-refractivity contribution in [3.05, 3.63) is 73.3 Å². The number of ether oxygens (including phenoxy) is 3. The lowest BCUT2D eigenvalue weighted by atomic mass is 9.79. The van der Waals surface area contributed by atoms with Crippen LogP contribution in [-0.4, -0.2) is 24.3 Å². The van der Waals surface area contributed by atoms with Gasteiger partial charge in [-0.05, 0) is 55.9 Å². The Kier molecular flexibility index (Phi) is 3.75. The largest absolute Gasteiger partial charge is 0.493 e. The Morgan fingerprint density at radius 2 is 1.38 bits per heavy atom. The highest BCUT2D eigenvalue weighted by Gasteiger charge is 2.57. The normalized spacial score (nSPS) is 47.6. The fourth-order valence-electron chi connectivity index (χ4n) is 6.41. The van der Waals surface area contributed by atoms with Crippen LogP contribution in [0.25, 0.3) is 0 Å². The molecular formula is C25H26O4. The van der Waals surface area contributed by atoms with Gasteiger partial charge in [0.15, 0.2) is 0 Å². The Morgan fingerprint density at radius 1 is 0.759 bits per heavy atom. The summed E-state index contributed by atoms with van der Waals surface area (Å²) in [4.78, 5) is 13.2. The first-order valence-electron chi connectivity index (χ1n) is 10.7. The minimum Gasteiger partial charge on any atom is -0.493 e. The van der Waals surface area contributed by atoms with E-state index >= 15 is 0 Å². The molecule has 0 saturated heterocycles. The number of carbonyl (C=O) groups excluding carboxylic acids is 1. The Morgan fingerprint density at radius 3 is 2.03 bits per heavy atom. The molecule has 2 heterocycles. The molecule has 150 valence electrons. The predicted molar refractivity (Wildman–Crippen MR) is 108 cm³/mol. The fraction of sp³-hybridized carbons (Fsp3) is 0.480. The maximum atomic E-state index is 13.2. The van der Waals surface area contributed by atoms with E-state index in [9.17, 15) is 4.79 Å². The number of fused-ring (bicyclic) bond motifs is 4. The fourth-order valence-corrected chi connectivity index (χ4v) is 6.41. The van der Waals surface area contributed by atoms with Crippen molar-refractivity contribution in [1.82, 2.24) is 0 Å². The number of esters is 1. The third-order valence-corrected chi connectivity index (χ3v) is 7.86. The van der Waals surface area contributed by atoms with E-state index in [0.717, 1.165) is 25.7 Å². The first-order valence-corrected chi connectivity index (χ1v) is 10.7. The van der Waals surface area contributed by atoms with Crippen LogP contribution in [-0.2, 0) is 19.0 Å². The molecule has 4 heteroatoms. The molecule has 29 heavy (non-hydrogen) atoms. The van der Waals surface area contributed by atoms with Gasteiger partial charge in [0.2, 0.25) is 0 Å². The predicted octanol–water partition coefficient (Wildman–Crippen LogP) is 4.38. The Balaban J connectivity index is 1.14. The zero-order valence-electron chi connectivity index (χ0n) is 16.4. The van der Waals surface area contributed by atoms with Crippen LogP contribution < -0.4 is 0 Å². The van der Waals surface area contributed by atoms with Crippen molar-refractivity contribution in [1.29, 1.82) is 0 Å². The summed E-state index contributed by atoms with van der Waals surface area (Å²) in [6.07, 6.45) is 28.3. The van der Waals surface area contributed by atoms with E-state index in [1.54, 1.807) is 12.5 Å². The summed E-state index contributed by atoms with van der Waals surface area (Å²) in [5, 5.41) is 0. The van der Waals surface area contributed by atoms with Crippen LogP contribution in [0.3, 0.4) is 0 Å². The van der Waals surface area contributed by atoms with Crippen molar-refractivity contribution in [3.8, 4) is 0 Å². The smallest absolute Gasteiger partial charge is 0.309 e. The van der Waals surface area contributed by atoms with Gasteiger partial charge in [0, 0.05) is 16.7 Å². The van der Waals surface area contributed by atoms with Gasteiger partial charge in [0.25, 0.3) is 0 Å². The Bertz CT molecular complexity index is 892. The van der Waals surface area contributed by atoms with Gasteiger partial charge in [-0.3, -0.25) is 4.79 Å². The minimum atomic E-state index is -0.0709. The lowest BCUT2D eigenvalue weighted by molar-refractivity contribution is -0.156. The van der Waals surface area contributed by atoms with E-state index in [0.29, 0.717) is 5.92 Å². The molecule has 4 bridgehead atoms. The third-order valence-electron chi connectivity index (χ3n) is 7.86. The zero-order valence-corrected chi connectivity index (χ0v) is 16.4. The van der Waals surface area contributed by atoms with E-state index in [1.165, 1.54) is 0 Å². The topological polar surface area (TPSA) is 44.8 Å². The van der Waals surface area contributed by atoms with Crippen LogP contribution in [0.4, 0.5) is 0 Å². The van der Waals surface area contributed by atoms with Crippen LogP contribution >= 0.6 is 0 Å². The van der Waals surface area contributed by atoms with Crippen molar-refractivity contribution >= 4 is 5.97 Å². The molecule has 8 unspecified atom stereocenters. The molecule has 0 aromatic rings. The van der Waals surface area contributed by atoms with E-state index < -0.39 is 0 Å². The second-order valence-corrected chi connectivity index (χ2v) is 9.45. The number of carbonyl (C=O) groups is 1. The summed E-state index contributed by atoms with van der Waals surface area (Å²) in [5.74, 6) is 0.483. The lowest BCUT2D eigenvalue weighted by Crippen LogP contribution is -2.35. The van der Waals surface area contributed by atoms with Crippen LogP contribution in [0.5, 0.6) is 0 Å². The van der Waals surface area contributed by atoms with Gasteiger partial charge in [-0.2, -0.15) is 0 Å². The van der Waals surface area contributed by atoms with Gasteiger partial charge in [0.05, 0.1) is 18.4 Å². The number of hydrogen-bond donors (Lipinski definition) is 0. The highest BCUT2D eigenvalue weighted by molar-refractivity contribution is 5.75. The molecule has 2 fully saturated rings. The maximum Gasteiger partial charge on any atom is 0.309 e. The molecule has 0 N–H and O–H groups in total. The molecule has 8 atom stereocenters. The van der Waals surface area contributed by atoms with Gasteiger partial charge in [-0.1, -0.05) is 36.5 Å². The summed E-state index contributed by atoms with van der Waals surface area (Å²) in [6.45, 7) is 0. The minimum absolute atomic E-state index is 0.0172. The molecule has 6 aliphatic rings. The average Bonchev–Trinajstić information content (AvgIpc) is 3.55. The molecule has 0 amide bonds. The van der Waals surface area contributed by atoms with Crippen molar-refractivity contribution in [2.24, 2.45) is 28.6 Å². The summed E-state index contributed by atoms with van der Waals surface area (Å²) < 4.78 is 17.9. The van der Waals surface area contributed by atoms with Crippen LogP contribution in [0, 0.1) is 28.6 Å². The summed E-state index contributed by atoms with van der Waals surface area (Å²) in [6, 6.07) is 0. The third kappa shape index (κ3) is 2.61. The highest BCUT2D eigenvalue weighted by atomic mass is 16.5. The van der Waals surface area contributed by atoms with Crippen LogP contribution in [0.15, 0.2) is 73.3 Å². The van der Waals surface area contributed by atoms with Gasteiger partial charge in [-0.15, -0.1) is 0 Å². The molecule has 2 aliphatic heterocycles. The summed E-state index contributed by atoms with van der Waals surface area (Å²) in [7, 11) is 0. The van der Waals surface area contributed by atoms with Gasteiger partial charge in [-0.25, -0.2) is 0 Å². The summed E-state index contributed by atoms with van der Waals surface area (Å²) >= 11 is 0. The molecule has 6 rings (SSSR count). The number of hydrogen-bond acceptors (Lipinski definition) is 4. The van der Waals surface area contributed by atoms with Gasteiger partial charge < -0.3 is 14.2 Å². The highest BCUT2D eigenvalue weighted by Crippen LogP contribution is 2.57. The molecule has 0 aromatic carbocycles. The Labute approximate surface area is 171 Å². The Hall–Kier alpha value is -2.49. The zero-order chi connectivity index (χ0) is 19.5. The van der Waals surface area contributed by atoms with E-state index in [-0.39, 0.29) is 46.9 Å². The standard InChI is InChI=1S/C25H26O4/c26-23(19-15-24(9-7-17(19)13-24)21-5-1-3-11-27-21)29-20-16-25(10-8-18(20)14-25)22-6-2-4-12-28-22/h1-12,17-22H,13-16H2. The molecule has 4 aliphatic carbocycles. The molecule has 2 saturated carbocycles. The average molecular weight is 390 g/mol. The van der Waals surface area contributed by atoms with Gasteiger partial charge in [0.1, 0.15) is 18.3 Å². The molecule has 0 aromatic heterocycles.